The topological polar surface area (TPSA) is 49.7 Å². The van der Waals surface area contributed by atoms with Gasteiger partial charge in [-0.15, -0.1) is 0 Å². The Balaban J connectivity index is 2.96. The Kier molecular flexibility index (Phi) is 4.77. The molecule has 2 unspecified atom stereocenters. The van der Waals surface area contributed by atoms with Crippen molar-refractivity contribution in [2.45, 2.75) is 25.9 Å². The van der Waals surface area contributed by atoms with E-state index in [1.165, 1.54) is 0 Å². The van der Waals surface area contributed by atoms with Gasteiger partial charge >= 0.3 is 0 Å². The molecule has 0 aromatic carbocycles. The molecule has 1 rings (SSSR count). The van der Waals surface area contributed by atoms with E-state index in [2.05, 4.69) is 0 Å². The summed E-state index contributed by atoms with van der Waals surface area (Å²) < 4.78 is 5.14. The van der Waals surface area contributed by atoms with Gasteiger partial charge in [0.25, 0.3) is 0 Å². The molecule has 16 heavy (non-hydrogen) atoms. The Labute approximate surface area is 96.7 Å². The van der Waals surface area contributed by atoms with Crippen LogP contribution in [-0.2, 0) is 4.74 Å². The molecule has 0 aromatic rings. The third-order valence-corrected chi connectivity index (χ3v) is 3.05. The van der Waals surface area contributed by atoms with Gasteiger partial charge in [0.05, 0.1) is 13.2 Å². The first-order valence-corrected chi connectivity index (χ1v) is 5.50. The van der Waals surface area contributed by atoms with Crippen LogP contribution in [0, 0.1) is 5.41 Å². The second-order valence-electron chi connectivity index (χ2n) is 4.34. The molecule has 0 heterocycles. The predicted octanol–water partition coefficient (Wildman–Crippen LogP) is 1.78. The first kappa shape index (κ1) is 13.0. The molecular formula is C13H20O3. The van der Waals surface area contributed by atoms with Gasteiger partial charge in [-0.2, -0.15) is 0 Å². The zero-order valence-corrected chi connectivity index (χ0v) is 9.89. The number of hydrogen-bond donors (Lipinski definition) is 2. The molecule has 0 radical (unpaired) electrons. The maximum absolute atomic E-state index is 10.2. The summed E-state index contributed by atoms with van der Waals surface area (Å²) in [4.78, 5) is 0. The van der Waals surface area contributed by atoms with Crippen LogP contribution < -0.4 is 0 Å². The summed E-state index contributed by atoms with van der Waals surface area (Å²) in [5.41, 5.74) is -0.346. The van der Waals surface area contributed by atoms with Crippen LogP contribution in [0.2, 0.25) is 0 Å². The Morgan fingerprint density at radius 1 is 1.50 bits per heavy atom. The fourth-order valence-electron chi connectivity index (χ4n) is 1.74. The summed E-state index contributed by atoms with van der Waals surface area (Å²) in [5, 5.41) is 19.2. The second-order valence-corrected chi connectivity index (χ2v) is 4.34. The van der Waals surface area contributed by atoms with Crippen LogP contribution in [0.3, 0.4) is 0 Å². The maximum atomic E-state index is 10.2. The van der Waals surface area contributed by atoms with Gasteiger partial charge < -0.3 is 14.9 Å². The van der Waals surface area contributed by atoms with Crippen LogP contribution in [0.15, 0.2) is 36.1 Å². The quantitative estimate of drug-likeness (QED) is 0.768. The Hall–Kier alpha value is -1.06. The third-order valence-electron chi connectivity index (χ3n) is 3.05. The summed E-state index contributed by atoms with van der Waals surface area (Å²) in [6.07, 6.45) is 9.99. The summed E-state index contributed by atoms with van der Waals surface area (Å²) in [7, 11) is 1.58. The highest BCUT2D eigenvalue weighted by molar-refractivity contribution is 5.21. The minimum absolute atomic E-state index is 0.0744. The number of aliphatic hydroxyl groups is 2. The standard InChI is InChI=1S/C13H20O3/c1-13(8-9-14)7-5-3-4-6-11(16-2)10-12(13)15/h3-6,10,12,14-15H,7-9H2,1-2H3. The third kappa shape index (κ3) is 3.22. The molecule has 0 fully saturated rings. The van der Waals surface area contributed by atoms with Crippen molar-refractivity contribution >= 4 is 0 Å². The van der Waals surface area contributed by atoms with E-state index in [4.69, 9.17) is 9.84 Å². The Morgan fingerprint density at radius 2 is 2.25 bits per heavy atom. The van der Waals surface area contributed by atoms with E-state index >= 15 is 0 Å². The number of rotatable bonds is 3. The lowest BCUT2D eigenvalue weighted by atomic mass is 9.78. The van der Waals surface area contributed by atoms with E-state index in [0.29, 0.717) is 12.2 Å². The highest BCUT2D eigenvalue weighted by atomic mass is 16.5. The first-order valence-electron chi connectivity index (χ1n) is 5.50. The smallest absolute Gasteiger partial charge is 0.117 e. The van der Waals surface area contributed by atoms with Gasteiger partial charge in [-0.3, -0.25) is 0 Å². The molecule has 2 N–H and O–H groups in total. The molecule has 0 saturated heterocycles. The lowest BCUT2D eigenvalue weighted by molar-refractivity contribution is 0.0519. The van der Waals surface area contributed by atoms with Crippen molar-refractivity contribution in [1.29, 1.82) is 0 Å². The lowest BCUT2D eigenvalue weighted by Gasteiger charge is -2.31. The molecular weight excluding hydrogens is 204 g/mol. The largest absolute Gasteiger partial charge is 0.497 e. The van der Waals surface area contributed by atoms with E-state index < -0.39 is 6.10 Å². The fourth-order valence-corrected chi connectivity index (χ4v) is 1.74. The van der Waals surface area contributed by atoms with Gasteiger partial charge in [0.1, 0.15) is 5.76 Å². The number of hydrogen-bond acceptors (Lipinski definition) is 3. The second kappa shape index (κ2) is 5.87. The highest BCUT2D eigenvalue weighted by Crippen LogP contribution is 2.32. The number of methoxy groups -OCH3 is 1. The average Bonchev–Trinajstić information content (AvgIpc) is 2.32. The minimum Gasteiger partial charge on any atom is -0.497 e. The number of allylic oxidation sites excluding steroid dienone is 4. The van der Waals surface area contributed by atoms with Crippen molar-refractivity contribution in [3.63, 3.8) is 0 Å². The average molecular weight is 224 g/mol. The number of ether oxygens (including phenoxy) is 1. The van der Waals surface area contributed by atoms with Crippen LogP contribution in [0.5, 0.6) is 0 Å². The molecule has 0 bridgehead atoms. The fraction of sp³-hybridized carbons (Fsp3) is 0.538. The maximum Gasteiger partial charge on any atom is 0.117 e. The Morgan fingerprint density at radius 3 is 2.88 bits per heavy atom. The number of aliphatic hydroxyl groups excluding tert-OH is 2. The molecule has 90 valence electrons. The minimum atomic E-state index is -0.623. The molecule has 1 aliphatic rings. The van der Waals surface area contributed by atoms with Crippen molar-refractivity contribution in [2.75, 3.05) is 13.7 Å². The molecule has 2 atom stereocenters. The zero-order valence-electron chi connectivity index (χ0n) is 9.89. The van der Waals surface area contributed by atoms with Crippen molar-refractivity contribution in [1.82, 2.24) is 0 Å². The van der Waals surface area contributed by atoms with Gasteiger partial charge in [0.2, 0.25) is 0 Å². The van der Waals surface area contributed by atoms with E-state index in [0.717, 1.165) is 6.42 Å². The van der Waals surface area contributed by atoms with Crippen LogP contribution in [0.25, 0.3) is 0 Å². The van der Waals surface area contributed by atoms with Gasteiger partial charge in [-0.1, -0.05) is 25.2 Å². The molecule has 0 saturated carbocycles. The summed E-state index contributed by atoms with van der Waals surface area (Å²) >= 11 is 0. The van der Waals surface area contributed by atoms with E-state index in [9.17, 15) is 5.11 Å². The molecule has 0 amide bonds. The van der Waals surface area contributed by atoms with Crippen LogP contribution >= 0.6 is 0 Å². The normalized spacial score (nSPS) is 30.2. The van der Waals surface area contributed by atoms with E-state index in [1.54, 1.807) is 13.2 Å². The monoisotopic (exact) mass is 224 g/mol. The van der Waals surface area contributed by atoms with Crippen LogP contribution in [0.1, 0.15) is 19.8 Å². The highest BCUT2D eigenvalue weighted by Gasteiger charge is 2.30. The summed E-state index contributed by atoms with van der Waals surface area (Å²) in [6.45, 7) is 2.04. The molecule has 0 spiro atoms. The molecule has 3 heteroatoms. The van der Waals surface area contributed by atoms with Crippen molar-refractivity contribution < 1.29 is 14.9 Å². The molecule has 0 aliphatic heterocycles. The van der Waals surface area contributed by atoms with Crippen molar-refractivity contribution in [2.24, 2.45) is 5.41 Å². The van der Waals surface area contributed by atoms with E-state index in [1.807, 2.05) is 31.2 Å². The summed E-state index contributed by atoms with van der Waals surface area (Å²) in [5.74, 6) is 0.642. The summed E-state index contributed by atoms with van der Waals surface area (Å²) in [6, 6.07) is 0. The zero-order chi connectivity index (χ0) is 12.0. The van der Waals surface area contributed by atoms with Gasteiger partial charge in [-0.25, -0.2) is 0 Å². The molecule has 3 nitrogen and oxygen atoms in total. The first-order chi connectivity index (χ1) is 7.62. The molecule has 0 aromatic heterocycles. The van der Waals surface area contributed by atoms with Gasteiger partial charge in [0, 0.05) is 12.0 Å². The Bertz CT molecular complexity index is 304. The van der Waals surface area contributed by atoms with E-state index in [-0.39, 0.29) is 12.0 Å². The van der Waals surface area contributed by atoms with Gasteiger partial charge in [0.15, 0.2) is 0 Å². The predicted molar refractivity (Wildman–Crippen MR) is 63.8 cm³/mol. The molecule has 1 aliphatic carbocycles. The van der Waals surface area contributed by atoms with Gasteiger partial charge in [-0.05, 0) is 25.0 Å². The lowest BCUT2D eigenvalue weighted by Crippen LogP contribution is -2.31. The van der Waals surface area contributed by atoms with Crippen LogP contribution in [0.4, 0.5) is 0 Å². The van der Waals surface area contributed by atoms with Crippen molar-refractivity contribution in [3.8, 4) is 0 Å². The van der Waals surface area contributed by atoms with Crippen LogP contribution in [-0.4, -0.2) is 30.0 Å². The SMILES string of the molecule is COC1=CC(O)C(C)(CCO)CC=CC=C1. The van der Waals surface area contributed by atoms with Crippen molar-refractivity contribution in [3.05, 3.63) is 36.1 Å².